The Hall–Kier alpha value is -1.27. The number of rotatable bonds is 5. The van der Waals surface area contributed by atoms with Crippen molar-refractivity contribution < 1.29 is 19.0 Å². The molecule has 6 heteroatoms. The van der Waals surface area contributed by atoms with Crippen LogP contribution < -0.4 is 14.8 Å². The highest BCUT2D eigenvalue weighted by molar-refractivity contribution is 9.10. The molecule has 0 aromatic heterocycles. The molecule has 1 aromatic carbocycles. The summed E-state index contributed by atoms with van der Waals surface area (Å²) in [5, 5.41) is 2.25. The fourth-order valence-electron chi connectivity index (χ4n) is 1.11. The maximum absolute atomic E-state index is 9.06. The van der Waals surface area contributed by atoms with E-state index < -0.39 is 0 Å². The maximum atomic E-state index is 9.06. The monoisotopic (exact) mass is 317 g/mol. The largest absolute Gasteiger partial charge is 0.493 e. The van der Waals surface area contributed by atoms with Gasteiger partial charge in [0.15, 0.2) is 11.5 Å². The van der Waals surface area contributed by atoms with Gasteiger partial charge in [-0.2, -0.15) is 0 Å². The molecule has 1 aromatic rings. The van der Waals surface area contributed by atoms with E-state index in [-0.39, 0.29) is 6.10 Å². The van der Waals surface area contributed by atoms with Crippen LogP contribution in [-0.2, 0) is 9.53 Å². The van der Waals surface area contributed by atoms with Crippen molar-refractivity contribution in [2.45, 2.75) is 6.10 Å². The first-order valence-electron chi connectivity index (χ1n) is 5.40. The number of epoxide rings is 1. The molecule has 1 atom stereocenters. The molecule has 1 saturated heterocycles. The van der Waals surface area contributed by atoms with E-state index in [1.165, 1.54) is 0 Å². The molecule has 0 bridgehead atoms. The molecule has 0 radical (unpaired) electrons. The number of halogens is 1. The smallest absolute Gasteiger partial charge is 0.206 e. The summed E-state index contributed by atoms with van der Waals surface area (Å²) < 4.78 is 16.7. The van der Waals surface area contributed by atoms with E-state index in [9.17, 15) is 0 Å². The molecule has 18 heavy (non-hydrogen) atoms. The molecular weight excluding hydrogens is 302 g/mol. The predicted molar refractivity (Wildman–Crippen MR) is 71.1 cm³/mol. The van der Waals surface area contributed by atoms with Gasteiger partial charge < -0.3 is 19.5 Å². The number of nitrogens with one attached hydrogen (secondary N) is 1. The molecule has 5 nitrogen and oxygen atoms in total. The van der Waals surface area contributed by atoms with Crippen molar-refractivity contribution in [2.75, 3.05) is 27.4 Å². The van der Waals surface area contributed by atoms with E-state index in [0.717, 1.165) is 22.6 Å². The number of carbonyl (C=O) groups is 1. The van der Waals surface area contributed by atoms with Crippen molar-refractivity contribution in [2.24, 2.45) is 0 Å². The van der Waals surface area contributed by atoms with Gasteiger partial charge in [-0.25, -0.2) is 0 Å². The van der Waals surface area contributed by atoms with Crippen molar-refractivity contribution in [3.8, 4) is 11.5 Å². The molecule has 2 rings (SSSR count). The highest BCUT2D eigenvalue weighted by Crippen LogP contribution is 2.30. The summed E-state index contributed by atoms with van der Waals surface area (Å²) in [6.45, 7) is 1.40. The van der Waals surface area contributed by atoms with Crippen LogP contribution in [0.4, 0.5) is 0 Å². The van der Waals surface area contributed by atoms with Crippen molar-refractivity contribution >= 4 is 22.3 Å². The second kappa shape index (κ2) is 7.94. The van der Waals surface area contributed by atoms with E-state index in [2.05, 4.69) is 21.2 Å². The van der Waals surface area contributed by atoms with Crippen LogP contribution >= 0.6 is 15.9 Å². The molecule has 0 aliphatic carbocycles. The Morgan fingerprint density at radius 2 is 2.22 bits per heavy atom. The lowest BCUT2D eigenvalue weighted by atomic mass is 10.3. The average Bonchev–Trinajstić information content (AvgIpc) is 3.21. The normalized spacial score (nSPS) is 16.1. The van der Waals surface area contributed by atoms with Crippen molar-refractivity contribution in [3.63, 3.8) is 0 Å². The number of carbonyl (C=O) groups excluding carboxylic acids is 1. The summed E-state index contributed by atoms with van der Waals surface area (Å²) in [6, 6.07) is 5.68. The van der Waals surface area contributed by atoms with E-state index in [0.29, 0.717) is 13.0 Å². The second-order valence-corrected chi connectivity index (χ2v) is 4.38. The predicted octanol–water partition coefficient (Wildman–Crippen LogP) is 1.60. The minimum absolute atomic E-state index is 0.267. The van der Waals surface area contributed by atoms with Crippen molar-refractivity contribution in [3.05, 3.63) is 22.7 Å². The van der Waals surface area contributed by atoms with Crippen LogP contribution in [0.15, 0.2) is 22.7 Å². The van der Waals surface area contributed by atoms with E-state index in [1.807, 2.05) is 18.2 Å². The first kappa shape index (κ1) is 14.8. The number of hydrogen-bond donors (Lipinski definition) is 1. The number of hydrogen-bond acceptors (Lipinski definition) is 4. The summed E-state index contributed by atoms with van der Waals surface area (Å²) in [6.07, 6.45) is 0.892. The fraction of sp³-hybridized carbons (Fsp3) is 0.417. The van der Waals surface area contributed by atoms with Gasteiger partial charge in [0, 0.05) is 11.5 Å². The van der Waals surface area contributed by atoms with Gasteiger partial charge in [-0.3, -0.25) is 4.79 Å². The Balaban J connectivity index is 0.000000357. The zero-order chi connectivity index (χ0) is 13.4. The number of amides is 1. The highest BCUT2D eigenvalue weighted by Gasteiger charge is 2.23. The minimum Gasteiger partial charge on any atom is -0.493 e. The van der Waals surface area contributed by atoms with Gasteiger partial charge in [0.1, 0.15) is 12.7 Å². The molecule has 0 saturated carbocycles. The van der Waals surface area contributed by atoms with Crippen LogP contribution in [0.3, 0.4) is 0 Å². The summed E-state index contributed by atoms with van der Waals surface area (Å²) in [7, 11) is 3.19. The van der Waals surface area contributed by atoms with Crippen molar-refractivity contribution in [1.82, 2.24) is 5.32 Å². The molecule has 1 aliphatic rings. The highest BCUT2D eigenvalue weighted by atomic mass is 79.9. The fourth-order valence-corrected chi connectivity index (χ4v) is 1.45. The first-order valence-corrected chi connectivity index (χ1v) is 6.19. The molecular formula is C12H16BrNO4. The Morgan fingerprint density at radius 3 is 2.72 bits per heavy atom. The quantitative estimate of drug-likeness (QED) is 0.662. The third-order valence-corrected chi connectivity index (χ3v) is 2.56. The van der Waals surface area contributed by atoms with Gasteiger partial charge in [-0.05, 0) is 18.2 Å². The van der Waals surface area contributed by atoms with E-state index >= 15 is 0 Å². The average molecular weight is 318 g/mol. The Labute approximate surface area is 115 Å². The lowest BCUT2D eigenvalue weighted by Gasteiger charge is -2.09. The van der Waals surface area contributed by atoms with Gasteiger partial charge in [0.2, 0.25) is 6.41 Å². The van der Waals surface area contributed by atoms with Gasteiger partial charge in [-0.1, -0.05) is 15.9 Å². The number of ether oxygens (including phenoxy) is 3. The number of methoxy groups -OCH3 is 1. The van der Waals surface area contributed by atoms with Crippen LogP contribution in [0.2, 0.25) is 0 Å². The van der Waals surface area contributed by atoms with Gasteiger partial charge in [0.25, 0.3) is 0 Å². The molecule has 1 heterocycles. The topological polar surface area (TPSA) is 60.1 Å². The zero-order valence-electron chi connectivity index (χ0n) is 10.3. The van der Waals surface area contributed by atoms with Gasteiger partial charge >= 0.3 is 0 Å². The van der Waals surface area contributed by atoms with Crippen LogP contribution in [0.25, 0.3) is 0 Å². The third-order valence-electron chi connectivity index (χ3n) is 2.07. The Bertz CT molecular complexity index is 382. The Morgan fingerprint density at radius 1 is 1.56 bits per heavy atom. The molecule has 1 unspecified atom stereocenters. The van der Waals surface area contributed by atoms with Crippen molar-refractivity contribution in [1.29, 1.82) is 0 Å². The van der Waals surface area contributed by atoms with E-state index in [1.54, 1.807) is 14.2 Å². The van der Waals surface area contributed by atoms with E-state index in [4.69, 9.17) is 19.0 Å². The summed E-state index contributed by atoms with van der Waals surface area (Å²) in [5.74, 6) is 1.49. The summed E-state index contributed by atoms with van der Waals surface area (Å²) in [4.78, 5) is 9.06. The van der Waals surface area contributed by atoms with Crippen LogP contribution in [0.1, 0.15) is 0 Å². The van der Waals surface area contributed by atoms with Gasteiger partial charge in [0.05, 0.1) is 13.7 Å². The van der Waals surface area contributed by atoms with Crippen LogP contribution in [-0.4, -0.2) is 39.9 Å². The van der Waals surface area contributed by atoms with Gasteiger partial charge in [-0.15, -0.1) is 0 Å². The summed E-state index contributed by atoms with van der Waals surface area (Å²) in [5.41, 5.74) is 0. The van der Waals surface area contributed by atoms with Crippen LogP contribution in [0.5, 0.6) is 11.5 Å². The molecule has 100 valence electrons. The lowest BCUT2D eigenvalue weighted by molar-refractivity contribution is -0.109. The minimum atomic E-state index is 0.267. The Kier molecular flexibility index (Phi) is 6.53. The summed E-state index contributed by atoms with van der Waals surface area (Å²) >= 11 is 3.37. The second-order valence-electron chi connectivity index (χ2n) is 3.47. The lowest BCUT2D eigenvalue weighted by Crippen LogP contribution is -2.04. The zero-order valence-corrected chi connectivity index (χ0v) is 11.9. The maximum Gasteiger partial charge on any atom is 0.206 e. The molecule has 1 aliphatic heterocycles. The SMILES string of the molecule is CNC=O.COc1cc(Br)ccc1OCC1CO1. The standard InChI is InChI=1S/C10H11BrO3.C2H5NO/c1-12-10-4-7(11)2-3-9(10)14-6-8-5-13-8;1-3-2-4/h2-4,8H,5-6H2,1H3;2H,1H3,(H,3,4). The third kappa shape index (κ3) is 5.37. The van der Waals surface area contributed by atoms with Crippen LogP contribution in [0, 0.1) is 0 Å². The molecule has 1 fully saturated rings. The molecule has 0 spiro atoms. The number of benzene rings is 1. The molecule has 1 amide bonds. The molecule has 1 N–H and O–H groups in total. The first-order chi connectivity index (χ1) is 8.71.